The topological polar surface area (TPSA) is 67.4 Å². The normalized spacial score (nSPS) is 15.7. The van der Waals surface area contributed by atoms with Gasteiger partial charge in [0.05, 0.1) is 18.2 Å². The zero-order chi connectivity index (χ0) is 16.9. The second-order valence-electron chi connectivity index (χ2n) is 6.19. The molecular weight excluding hydrogens is 299 g/mol. The van der Waals surface area contributed by atoms with Gasteiger partial charge in [0.1, 0.15) is 12.4 Å². The second kappa shape index (κ2) is 7.44. The van der Waals surface area contributed by atoms with E-state index in [2.05, 4.69) is 10.6 Å². The molecule has 23 heavy (non-hydrogen) atoms. The van der Waals surface area contributed by atoms with Gasteiger partial charge in [-0.15, -0.1) is 0 Å². The summed E-state index contributed by atoms with van der Waals surface area (Å²) in [5.41, 5.74) is -0.268. The molecule has 1 saturated carbocycles. The second-order valence-corrected chi connectivity index (χ2v) is 6.19. The van der Waals surface area contributed by atoms with Gasteiger partial charge in [0, 0.05) is 5.56 Å². The maximum atomic E-state index is 12.9. The lowest BCUT2D eigenvalue weighted by molar-refractivity contribution is -0.123. The van der Waals surface area contributed by atoms with Crippen molar-refractivity contribution in [2.75, 3.05) is 13.2 Å². The summed E-state index contributed by atoms with van der Waals surface area (Å²) >= 11 is 0. The molecule has 0 bridgehead atoms. The minimum absolute atomic E-state index is 0.0627. The van der Waals surface area contributed by atoms with E-state index in [4.69, 9.17) is 4.74 Å². The zero-order valence-electron chi connectivity index (χ0n) is 13.5. The van der Waals surface area contributed by atoms with Gasteiger partial charge in [0.15, 0.2) is 0 Å². The van der Waals surface area contributed by atoms with Crippen LogP contribution in [0.4, 0.5) is 4.39 Å². The maximum Gasteiger partial charge on any atom is 0.251 e. The lowest BCUT2D eigenvalue weighted by Crippen LogP contribution is -2.57. The molecule has 0 spiro atoms. The number of halogens is 1. The summed E-state index contributed by atoms with van der Waals surface area (Å²) in [5.74, 6) is -0.0289. The van der Waals surface area contributed by atoms with Crippen LogP contribution in [0.25, 0.3) is 0 Å². The van der Waals surface area contributed by atoms with Crippen molar-refractivity contribution in [1.29, 1.82) is 0 Å². The van der Waals surface area contributed by atoms with Gasteiger partial charge in [-0.2, -0.15) is 0 Å². The van der Waals surface area contributed by atoms with E-state index in [9.17, 15) is 14.0 Å². The predicted octanol–water partition coefficient (Wildman–Crippen LogP) is 2.21. The Labute approximate surface area is 135 Å². The first-order valence-electron chi connectivity index (χ1n) is 7.86. The first-order chi connectivity index (χ1) is 10.9. The van der Waals surface area contributed by atoms with Crippen molar-refractivity contribution in [1.82, 2.24) is 10.6 Å². The Morgan fingerprint density at radius 3 is 2.39 bits per heavy atom. The van der Waals surface area contributed by atoms with Crippen LogP contribution in [0.3, 0.4) is 0 Å². The minimum Gasteiger partial charge on any atom is -0.491 e. The molecule has 5 nitrogen and oxygen atoms in total. The SMILES string of the molecule is CC(C)Oc1ccc(C(=O)NCC(=O)NC2(CF)CCC2)cc1. The number of hydrogen-bond acceptors (Lipinski definition) is 3. The van der Waals surface area contributed by atoms with Gasteiger partial charge in [-0.25, -0.2) is 4.39 Å². The van der Waals surface area contributed by atoms with Crippen LogP contribution in [0.15, 0.2) is 24.3 Å². The van der Waals surface area contributed by atoms with Crippen LogP contribution in [0, 0.1) is 0 Å². The highest BCUT2D eigenvalue weighted by atomic mass is 19.1. The van der Waals surface area contributed by atoms with E-state index >= 15 is 0 Å². The average molecular weight is 322 g/mol. The van der Waals surface area contributed by atoms with Gasteiger partial charge < -0.3 is 15.4 Å². The highest BCUT2D eigenvalue weighted by Gasteiger charge is 2.38. The fraction of sp³-hybridized carbons (Fsp3) is 0.529. The van der Waals surface area contributed by atoms with Gasteiger partial charge in [-0.1, -0.05) is 0 Å². The van der Waals surface area contributed by atoms with Gasteiger partial charge in [0.25, 0.3) is 5.91 Å². The van der Waals surface area contributed by atoms with Gasteiger partial charge in [0.2, 0.25) is 5.91 Å². The Bertz CT molecular complexity index is 548. The standard InChI is InChI=1S/C17H23FN2O3/c1-12(2)23-14-6-4-13(5-7-14)16(22)19-10-15(21)20-17(11-18)8-3-9-17/h4-7,12H,3,8-11H2,1-2H3,(H,19,22)(H,20,21). The molecule has 2 amide bonds. The Balaban J connectivity index is 1.81. The van der Waals surface area contributed by atoms with Gasteiger partial charge in [-0.3, -0.25) is 9.59 Å². The molecule has 126 valence electrons. The van der Waals surface area contributed by atoms with E-state index in [1.165, 1.54) is 0 Å². The number of nitrogens with one attached hydrogen (secondary N) is 2. The molecule has 1 fully saturated rings. The molecule has 0 heterocycles. The summed E-state index contributed by atoms with van der Waals surface area (Å²) in [6, 6.07) is 6.70. The van der Waals surface area contributed by atoms with Gasteiger partial charge in [-0.05, 0) is 57.4 Å². The molecule has 0 radical (unpaired) electrons. The Kier molecular flexibility index (Phi) is 5.58. The summed E-state index contributed by atoms with van der Waals surface area (Å²) in [6.07, 6.45) is 2.29. The van der Waals surface area contributed by atoms with Crippen molar-refractivity contribution in [2.45, 2.75) is 44.8 Å². The number of carbonyl (C=O) groups is 2. The van der Waals surface area contributed by atoms with Crippen molar-refractivity contribution in [3.63, 3.8) is 0 Å². The molecule has 2 rings (SSSR count). The lowest BCUT2D eigenvalue weighted by atomic mass is 9.78. The van der Waals surface area contributed by atoms with E-state index in [0.717, 1.165) is 6.42 Å². The number of amides is 2. The van der Waals surface area contributed by atoms with Crippen LogP contribution in [0.5, 0.6) is 5.75 Å². The third-order valence-corrected chi connectivity index (χ3v) is 3.87. The van der Waals surface area contributed by atoms with Crippen LogP contribution in [0.2, 0.25) is 0 Å². The molecule has 0 saturated heterocycles. The molecule has 0 aliphatic heterocycles. The minimum atomic E-state index is -0.711. The van der Waals surface area contributed by atoms with E-state index < -0.39 is 12.2 Å². The fourth-order valence-corrected chi connectivity index (χ4v) is 2.46. The first-order valence-corrected chi connectivity index (χ1v) is 7.86. The molecule has 1 aromatic carbocycles. The summed E-state index contributed by atoms with van der Waals surface area (Å²) in [4.78, 5) is 23.8. The molecule has 0 unspecified atom stereocenters. The zero-order valence-corrected chi connectivity index (χ0v) is 13.5. The molecular formula is C17H23FN2O3. The maximum absolute atomic E-state index is 12.9. The Morgan fingerprint density at radius 2 is 1.91 bits per heavy atom. The Hall–Kier alpha value is -2.11. The van der Waals surface area contributed by atoms with Crippen LogP contribution < -0.4 is 15.4 Å². The van der Waals surface area contributed by atoms with Crippen LogP contribution in [-0.4, -0.2) is 36.7 Å². The predicted molar refractivity (Wildman–Crippen MR) is 85.2 cm³/mol. The molecule has 6 heteroatoms. The Morgan fingerprint density at radius 1 is 1.26 bits per heavy atom. The third-order valence-electron chi connectivity index (χ3n) is 3.87. The molecule has 1 aromatic rings. The van der Waals surface area contributed by atoms with E-state index in [0.29, 0.717) is 24.2 Å². The van der Waals surface area contributed by atoms with E-state index in [1.54, 1.807) is 24.3 Å². The smallest absolute Gasteiger partial charge is 0.251 e. The quantitative estimate of drug-likeness (QED) is 0.809. The monoisotopic (exact) mass is 322 g/mol. The summed E-state index contributed by atoms with van der Waals surface area (Å²) in [5, 5.41) is 5.21. The summed E-state index contributed by atoms with van der Waals surface area (Å²) < 4.78 is 18.4. The molecule has 2 N–H and O–H groups in total. The van der Waals surface area contributed by atoms with Crippen molar-refractivity contribution in [3.05, 3.63) is 29.8 Å². The molecule has 1 aliphatic rings. The summed E-state index contributed by atoms with van der Waals surface area (Å²) in [6.45, 7) is 3.12. The van der Waals surface area contributed by atoms with Crippen LogP contribution in [-0.2, 0) is 4.79 Å². The summed E-state index contributed by atoms with van der Waals surface area (Å²) in [7, 11) is 0. The lowest BCUT2D eigenvalue weighted by Gasteiger charge is -2.40. The average Bonchev–Trinajstić information content (AvgIpc) is 2.48. The third kappa shape index (κ3) is 4.68. The van der Waals surface area contributed by atoms with Crippen LogP contribution >= 0.6 is 0 Å². The van der Waals surface area contributed by atoms with Crippen molar-refractivity contribution in [3.8, 4) is 5.75 Å². The fourth-order valence-electron chi connectivity index (χ4n) is 2.46. The number of alkyl halides is 1. The van der Waals surface area contributed by atoms with Crippen molar-refractivity contribution in [2.24, 2.45) is 0 Å². The number of hydrogen-bond donors (Lipinski definition) is 2. The number of rotatable bonds is 7. The molecule has 0 atom stereocenters. The molecule has 1 aliphatic carbocycles. The molecule has 0 aromatic heterocycles. The number of carbonyl (C=O) groups excluding carboxylic acids is 2. The van der Waals surface area contributed by atoms with E-state index in [1.807, 2.05) is 13.8 Å². The highest BCUT2D eigenvalue weighted by molar-refractivity contribution is 5.96. The van der Waals surface area contributed by atoms with Crippen molar-refractivity contribution >= 4 is 11.8 Å². The van der Waals surface area contributed by atoms with E-state index in [-0.39, 0.29) is 24.5 Å². The number of ether oxygens (including phenoxy) is 1. The van der Waals surface area contributed by atoms with Gasteiger partial charge >= 0.3 is 0 Å². The number of benzene rings is 1. The van der Waals surface area contributed by atoms with Crippen LogP contribution in [0.1, 0.15) is 43.5 Å². The largest absolute Gasteiger partial charge is 0.491 e. The highest BCUT2D eigenvalue weighted by Crippen LogP contribution is 2.31. The first kappa shape index (κ1) is 17.2. The van der Waals surface area contributed by atoms with Crippen molar-refractivity contribution < 1.29 is 18.7 Å².